The molecule has 11 heteroatoms. The zero-order valence-corrected chi connectivity index (χ0v) is 33.2. The first-order chi connectivity index (χ1) is 24.0. The summed E-state index contributed by atoms with van der Waals surface area (Å²) in [6.07, 6.45) is 30.3. The maximum absolute atomic E-state index is 12.6. The van der Waals surface area contributed by atoms with Crippen LogP contribution < -0.4 is 0 Å². The molecule has 0 heterocycles. The van der Waals surface area contributed by atoms with E-state index in [-0.39, 0.29) is 32.3 Å². The molecule has 0 aromatic rings. The molecule has 10 nitrogen and oxygen atoms in total. The molecule has 0 bridgehead atoms. The molecule has 1 unspecified atom stereocenters. The molecule has 0 saturated carbocycles. The quantitative estimate of drug-likeness (QED) is 0.0242. The molecular weight excluding hydrogens is 659 g/mol. The summed E-state index contributed by atoms with van der Waals surface area (Å²) in [5, 5.41) is 19.5. The van der Waals surface area contributed by atoms with Crippen molar-refractivity contribution in [2.45, 2.75) is 225 Å². The molecular formula is C39H77O10P. The molecule has 0 aromatic carbocycles. The summed E-state index contributed by atoms with van der Waals surface area (Å²) in [6, 6.07) is 0. The molecule has 2 atom stereocenters. The van der Waals surface area contributed by atoms with E-state index in [0.29, 0.717) is 12.8 Å². The standard InChI is InChI=1S/C39H77O10P/c1-4-7-9-11-13-15-17-18-19-20-22-23-25-27-29-31-37(40)46-34-36(35-47-50(44,45)49-39(42,43)33-6-3)48-38(41)32-30-28-26-24-21-16-14-12-10-8-5-2/h36,42-43H,4-35H2,1-3H3,(H,44,45)/t36-/m1/s1. The van der Waals surface area contributed by atoms with Crippen molar-refractivity contribution in [1.82, 2.24) is 0 Å². The molecule has 0 spiro atoms. The SMILES string of the molecule is CCCCCCCCCCCCCCCCCC(=O)OC[C@H](COP(=O)(O)OC(O)(O)CCC)OC(=O)CCCCCCCCCCCCC. The summed E-state index contributed by atoms with van der Waals surface area (Å²) < 4.78 is 32.5. The number of esters is 2. The average molecular weight is 737 g/mol. The first kappa shape index (κ1) is 49.0. The predicted molar refractivity (Wildman–Crippen MR) is 200 cm³/mol. The van der Waals surface area contributed by atoms with Gasteiger partial charge in [0.1, 0.15) is 6.61 Å². The Morgan fingerprint density at radius 3 is 1.28 bits per heavy atom. The van der Waals surface area contributed by atoms with E-state index in [1.54, 1.807) is 6.92 Å². The van der Waals surface area contributed by atoms with Gasteiger partial charge in [-0.05, 0) is 19.3 Å². The Morgan fingerprint density at radius 2 is 0.900 bits per heavy atom. The molecule has 0 aromatic heterocycles. The molecule has 298 valence electrons. The fraction of sp³-hybridized carbons (Fsp3) is 0.949. The third-order valence-corrected chi connectivity index (χ3v) is 9.96. The van der Waals surface area contributed by atoms with Gasteiger partial charge >= 0.3 is 19.8 Å². The lowest BCUT2D eigenvalue weighted by atomic mass is 10.0. The van der Waals surface area contributed by atoms with Crippen LogP contribution in [-0.2, 0) is 32.7 Å². The molecule has 0 radical (unpaired) electrons. The second-order valence-corrected chi connectivity index (χ2v) is 15.5. The highest BCUT2D eigenvalue weighted by atomic mass is 31.2. The smallest absolute Gasteiger partial charge is 0.462 e. The van der Waals surface area contributed by atoms with Crippen molar-refractivity contribution in [3.05, 3.63) is 0 Å². The van der Waals surface area contributed by atoms with Crippen LogP contribution in [0.1, 0.15) is 213 Å². The van der Waals surface area contributed by atoms with Crippen molar-refractivity contribution >= 4 is 19.8 Å². The molecule has 50 heavy (non-hydrogen) atoms. The van der Waals surface area contributed by atoms with Gasteiger partial charge in [-0.25, -0.2) is 9.09 Å². The van der Waals surface area contributed by atoms with Crippen LogP contribution in [0.4, 0.5) is 0 Å². The number of hydrogen-bond acceptors (Lipinski definition) is 9. The molecule has 0 fully saturated rings. The summed E-state index contributed by atoms with van der Waals surface area (Å²) in [4.78, 5) is 35.0. The minimum Gasteiger partial charge on any atom is -0.462 e. The summed E-state index contributed by atoms with van der Waals surface area (Å²) in [5.74, 6) is -3.81. The third-order valence-electron chi connectivity index (χ3n) is 8.96. The Hall–Kier alpha value is -1.03. The van der Waals surface area contributed by atoms with Crippen molar-refractivity contribution in [2.75, 3.05) is 13.2 Å². The van der Waals surface area contributed by atoms with Gasteiger partial charge in [-0.2, -0.15) is 0 Å². The number of hydrogen-bond donors (Lipinski definition) is 3. The second kappa shape index (κ2) is 33.8. The largest absolute Gasteiger partial charge is 0.476 e. The maximum atomic E-state index is 12.6. The zero-order valence-electron chi connectivity index (χ0n) is 32.4. The number of carbonyl (C=O) groups excluding carboxylic acids is 2. The van der Waals surface area contributed by atoms with E-state index < -0.39 is 38.4 Å². The first-order valence-corrected chi connectivity index (χ1v) is 22.0. The first-order valence-electron chi connectivity index (χ1n) is 20.5. The Kier molecular flexibility index (Phi) is 33.1. The lowest BCUT2D eigenvalue weighted by Gasteiger charge is -2.25. The summed E-state index contributed by atoms with van der Waals surface area (Å²) in [6.45, 7) is 5.15. The van der Waals surface area contributed by atoms with E-state index >= 15 is 0 Å². The van der Waals surface area contributed by atoms with Gasteiger partial charge in [-0.3, -0.25) is 14.1 Å². The topological polar surface area (TPSA) is 149 Å². The van der Waals surface area contributed by atoms with E-state index in [4.69, 9.17) is 14.0 Å². The molecule has 0 rings (SSSR count). The van der Waals surface area contributed by atoms with Crippen LogP contribution in [0.3, 0.4) is 0 Å². The fourth-order valence-electron chi connectivity index (χ4n) is 5.95. The minimum absolute atomic E-state index is 0.167. The zero-order chi connectivity index (χ0) is 37.2. The molecule has 0 saturated heterocycles. The van der Waals surface area contributed by atoms with E-state index in [1.165, 1.54) is 116 Å². The van der Waals surface area contributed by atoms with Crippen molar-refractivity contribution < 1.29 is 47.8 Å². The highest BCUT2D eigenvalue weighted by Crippen LogP contribution is 2.47. The van der Waals surface area contributed by atoms with Crippen molar-refractivity contribution in [2.24, 2.45) is 0 Å². The lowest BCUT2D eigenvalue weighted by Crippen LogP contribution is -2.32. The van der Waals surface area contributed by atoms with Crippen molar-refractivity contribution in [1.29, 1.82) is 0 Å². The Balaban J connectivity index is 4.39. The number of phosphoric acid groups is 1. The summed E-state index contributed by atoms with van der Waals surface area (Å²) in [5.41, 5.74) is 0. The van der Waals surface area contributed by atoms with Gasteiger partial charge in [-0.15, -0.1) is 0 Å². The van der Waals surface area contributed by atoms with Crippen molar-refractivity contribution in [3.8, 4) is 0 Å². The molecule has 0 aliphatic rings. The normalized spacial score (nSPS) is 13.6. The average Bonchev–Trinajstić information content (AvgIpc) is 3.06. The van der Waals surface area contributed by atoms with Gasteiger partial charge in [0.05, 0.1) is 6.61 Å². The minimum atomic E-state index is -4.91. The molecule has 3 N–H and O–H groups in total. The molecule has 0 amide bonds. The highest BCUT2D eigenvalue weighted by Gasteiger charge is 2.36. The molecule has 0 aliphatic carbocycles. The van der Waals surface area contributed by atoms with Crippen LogP contribution in [0.15, 0.2) is 0 Å². The van der Waals surface area contributed by atoms with Gasteiger partial charge in [0.25, 0.3) is 5.97 Å². The monoisotopic (exact) mass is 737 g/mol. The number of ether oxygens (including phenoxy) is 2. The maximum Gasteiger partial charge on any atom is 0.476 e. The van der Waals surface area contributed by atoms with Crippen LogP contribution in [-0.4, -0.2) is 52.3 Å². The van der Waals surface area contributed by atoms with E-state index in [0.717, 1.165) is 38.5 Å². The van der Waals surface area contributed by atoms with Crippen LogP contribution in [0.25, 0.3) is 0 Å². The van der Waals surface area contributed by atoms with E-state index in [2.05, 4.69) is 18.4 Å². The van der Waals surface area contributed by atoms with Crippen LogP contribution in [0.5, 0.6) is 0 Å². The van der Waals surface area contributed by atoms with Gasteiger partial charge in [0.15, 0.2) is 6.10 Å². The van der Waals surface area contributed by atoms with E-state index in [9.17, 15) is 29.3 Å². The number of phosphoric ester groups is 1. The Bertz CT molecular complexity index is 838. The second-order valence-electron chi connectivity index (χ2n) is 14.1. The van der Waals surface area contributed by atoms with Gasteiger partial charge in [-0.1, -0.05) is 175 Å². The van der Waals surface area contributed by atoms with Gasteiger partial charge in [0.2, 0.25) is 0 Å². The van der Waals surface area contributed by atoms with Crippen LogP contribution >= 0.6 is 7.82 Å². The highest BCUT2D eigenvalue weighted by molar-refractivity contribution is 7.47. The number of unbranched alkanes of at least 4 members (excludes halogenated alkanes) is 24. The fourth-order valence-corrected chi connectivity index (χ4v) is 6.82. The van der Waals surface area contributed by atoms with Crippen LogP contribution in [0.2, 0.25) is 0 Å². The summed E-state index contributed by atoms with van der Waals surface area (Å²) in [7, 11) is -4.91. The van der Waals surface area contributed by atoms with Gasteiger partial charge in [0, 0.05) is 19.3 Å². The van der Waals surface area contributed by atoms with Crippen LogP contribution in [0, 0.1) is 0 Å². The number of aliphatic hydroxyl groups is 2. The predicted octanol–water partition coefficient (Wildman–Crippen LogP) is 11.0. The Labute approximate surface area is 305 Å². The Morgan fingerprint density at radius 1 is 0.540 bits per heavy atom. The lowest BCUT2D eigenvalue weighted by molar-refractivity contribution is -0.302. The van der Waals surface area contributed by atoms with E-state index in [1.807, 2.05) is 0 Å². The summed E-state index contributed by atoms with van der Waals surface area (Å²) >= 11 is 0. The number of carbonyl (C=O) groups is 2. The third kappa shape index (κ3) is 34.1. The number of rotatable bonds is 38. The van der Waals surface area contributed by atoms with Gasteiger partial charge < -0.3 is 24.6 Å². The molecule has 0 aliphatic heterocycles. The van der Waals surface area contributed by atoms with Crippen molar-refractivity contribution in [3.63, 3.8) is 0 Å².